The molecule has 0 saturated heterocycles. The van der Waals surface area contributed by atoms with E-state index in [1.54, 1.807) is 18.2 Å². The molecule has 0 aromatic heterocycles. The molecule has 0 spiro atoms. The number of hydrogen-bond donors (Lipinski definition) is 2. The molecular weight excluding hydrogens is 260 g/mol. The maximum atomic E-state index is 9.08. The highest BCUT2D eigenvalue weighted by atomic mass is 35.5. The third-order valence-corrected chi connectivity index (χ3v) is 3.07. The minimum absolute atomic E-state index is 0.0332. The van der Waals surface area contributed by atoms with E-state index in [9.17, 15) is 0 Å². The highest BCUT2D eigenvalue weighted by Crippen LogP contribution is 2.23. The molecule has 0 bridgehead atoms. The molecule has 0 aliphatic carbocycles. The minimum atomic E-state index is 0.0332. The molecule has 0 saturated carbocycles. The SMILES string of the molecule is N#Cc1ccc(NCc2cccc(CO)c2)c(Cl)c1. The molecule has 19 heavy (non-hydrogen) atoms. The van der Waals surface area contributed by atoms with E-state index >= 15 is 0 Å². The summed E-state index contributed by atoms with van der Waals surface area (Å²) in [6, 6.07) is 14.9. The molecular formula is C15H13ClN2O. The van der Waals surface area contributed by atoms with E-state index in [4.69, 9.17) is 22.0 Å². The number of hydrogen-bond acceptors (Lipinski definition) is 3. The first kappa shape index (κ1) is 13.4. The van der Waals surface area contributed by atoms with Gasteiger partial charge in [-0.05, 0) is 29.3 Å². The molecule has 0 aliphatic rings. The van der Waals surface area contributed by atoms with Crippen LogP contribution in [0, 0.1) is 11.3 Å². The molecule has 0 aliphatic heterocycles. The molecule has 2 aromatic rings. The number of halogens is 1. The Hall–Kier alpha value is -2.02. The zero-order valence-corrected chi connectivity index (χ0v) is 11.0. The van der Waals surface area contributed by atoms with Crippen LogP contribution in [0.4, 0.5) is 5.69 Å². The van der Waals surface area contributed by atoms with Gasteiger partial charge in [0.15, 0.2) is 0 Å². The van der Waals surface area contributed by atoms with Gasteiger partial charge in [-0.2, -0.15) is 5.26 Å². The number of rotatable bonds is 4. The van der Waals surface area contributed by atoms with Crippen LogP contribution in [0.1, 0.15) is 16.7 Å². The van der Waals surface area contributed by atoms with Crippen LogP contribution in [0.2, 0.25) is 5.02 Å². The first-order valence-corrected chi connectivity index (χ1v) is 6.23. The van der Waals surface area contributed by atoms with Crippen LogP contribution in [-0.4, -0.2) is 5.11 Å². The lowest BCUT2D eigenvalue weighted by atomic mass is 10.1. The Morgan fingerprint density at radius 1 is 1.16 bits per heavy atom. The van der Waals surface area contributed by atoms with Gasteiger partial charge in [-0.25, -0.2) is 0 Å². The standard InChI is InChI=1S/C15H13ClN2O/c16-14-7-11(8-17)4-5-15(14)18-9-12-2-1-3-13(6-12)10-19/h1-7,18-19H,9-10H2. The van der Waals surface area contributed by atoms with Gasteiger partial charge in [-0.3, -0.25) is 0 Å². The van der Waals surface area contributed by atoms with Crippen molar-refractivity contribution in [2.24, 2.45) is 0 Å². The Morgan fingerprint density at radius 2 is 1.95 bits per heavy atom. The zero-order chi connectivity index (χ0) is 13.7. The number of nitriles is 1. The Kier molecular flexibility index (Phi) is 4.40. The normalized spacial score (nSPS) is 9.95. The second-order valence-electron chi connectivity index (χ2n) is 4.14. The monoisotopic (exact) mass is 272 g/mol. The van der Waals surface area contributed by atoms with Crippen LogP contribution >= 0.6 is 11.6 Å². The van der Waals surface area contributed by atoms with E-state index in [1.807, 2.05) is 30.3 Å². The van der Waals surface area contributed by atoms with E-state index in [1.165, 1.54) is 0 Å². The quantitative estimate of drug-likeness (QED) is 0.898. The number of nitrogens with zero attached hydrogens (tertiary/aromatic N) is 1. The maximum Gasteiger partial charge on any atom is 0.0992 e. The zero-order valence-electron chi connectivity index (χ0n) is 10.2. The van der Waals surface area contributed by atoms with Crippen LogP contribution < -0.4 is 5.32 Å². The molecule has 0 unspecified atom stereocenters. The molecule has 0 heterocycles. The van der Waals surface area contributed by atoms with Crippen LogP contribution in [0.25, 0.3) is 0 Å². The molecule has 2 rings (SSSR count). The lowest BCUT2D eigenvalue weighted by molar-refractivity contribution is 0.281. The lowest BCUT2D eigenvalue weighted by Gasteiger charge is -2.09. The molecule has 0 radical (unpaired) electrons. The largest absolute Gasteiger partial charge is 0.392 e. The third-order valence-electron chi connectivity index (χ3n) is 2.76. The summed E-state index contributed by atoms with van der Waals surface area (Å²) in [6.07, 6.45) is 0. The van der Waals surface area contributed by atoms with E-state index in [0.29, 0.717) is 17.1 Å². The van der Waals surface area contributed by atoms with Crippen LogP contribution in [0.3, 0.4) is 0 Å². The molecule has 2 aromatic carbocycles. The van der Waals surface area contributed by atoms with Crippen molar-refractivity contribution in [2.75, 3.05) is 5.32 Å². The number of benzene rings is 2. The Labute approximate surface area is 117 Å². The predicted molar refractivity (Wildman–Crippen MR) is 75.9 cm³/mol. The average molecular weight is 273 g/mol. The fourth-order valence-corrected chi connectivity index (χ4v) is 2.01. The highest BCUT2D eigenvalue weighted by molar-refractivity contribution is 6.33. The van der Waals surface area contributed by atoms with Crippen molar-refractivity contribution in [1.29, 1.82) is 5.26 Å². The highest BCUT2D eigenvalue weighted by Gasteiger charge is 2.02. The Balaban J connectivity index is 2.08. The minimum Gasteiger partial charge on any atom is -0.392 e. The van der Waals surface area contributed by atoms with Gasteiger partial charge in [0.25, 0.3) is 0 Å². The Bertz CT molecular complexity index is 620. The number of anilines is 1. The first-order chi connectivity index (χ1) is 9.22. The maximum absolute atomic E-state index is 9.08. The molecule has 4 heteroatoms. The predicted octanol–water partition coefficient (Wildman–Crippen LogP) is 3.32. The number of nitrogens with one attached hydrogen (secondary N) is 1. The van der Waals surface area contributed by atoms with Crippen molar-refractivity contribution in [3.8, 4) is 6.07 Å². The van der Waals surface area contributed by atoms with Gasteiger partial charge in [0.2, 0.25) is 0 Å². The van der Waals surface area contributed by atoms with Gasteiger partial charge in [-0.1, -0.05) is 35.9 Å². The summed E-state index contributed by atoms with van der Waals surface area (Å²) in [6.45, 7) is 0.644. The Morgan fingerprint density at radius 3 is 2.63 bits per heavy atom. The number of aliphatic hydroxyl groups is 1. The fraction of sp³-hybridized carbons (Fsp3) is 0.133. The van der Waals surface area contributed by atoms with Gasteiger partial charge in [0.05, 0.1) is 28.9 Å². The summed E-state index contributed by atoms with van der Waals surface area (Å²) in [5.41, 5.74) is 3.27. The smallest absolute Gasteiger partial charge is 0.0992 e. The molecule has 3 nitrogen and oxygen atoms in total. The fourth-order valence-electron chi connectivity index (χ4n) is 1.76. The summed E-state index contributed by atoms with van der Waals surface area (Å²) >= 11 is 6.08. The summed E-state index contributed by atoms with van der Waals surface area (Å²) in [4.78, 5) is 0. The topological polar surface area (TPSA) is 56.0 Å². The second kappa shape index (κ2) is 6.24. The summed E-state index contributed by atoms with van der Waals surface area (Å²) in [5.74, 6) is 0. The molecule has 2 N–H and O–H groups in total. The summed E-state index contributed by atoms with van der Waals surface area (Å²) in [7, 11) is 0. The van der Waals surface area contributed by atoms with Crippen LogP contribution in [-0.2, 0) is 13.2 Å². The lowest BCUT2D eigenvalue weighted by Crippen LogP contribution is -2.00. The molecule has 96 valence electrons. The van der Waals surface area contributed by atoms with Crippen LogP contribution in [0.15, 0.2) is 42.5 Å². The third kappa shape index (κ3) is 3.47. The van der Waals surface area contributed by atoms with Crippen molar-refractivity contribution in [1.82, 2.24) is 0 Å². The van der Waals surface area contributed by atoms with Crippen molar-refractivity contribution in [2.45, 2.75) is 13.2 Å². The van der Waals surface area contributed by atoms with Crippen molar-refractivity contribution < 1.29 is 5.11 Å². The molecule has 0 fully saturated rings. The average Bonchev–Trinajstić information content (AvgIpc) is 2.46. The van der Waals surface area contributed by atoms with Gasteiger partial charge < -0.3 is 10.4 Å². The van der Waals surface area contributed by atoms with Crippen molar-refractivity contribution in [3.05, 3.63) is 64.2 Å². The number of aliphatic hydroxyl groups excluding tert-OH is 1. The summed E-state index contributed by atoms with van der Waals surface area (Å²) < 4.78 is 0. The van der Waals surface area contributed by atoms with E-state index < -0.39 is 0 Å². The van der Waals surface area contributed by atoms with E-state index in [-0.39, 0.29) is 6.61 Å². The van der Waals surface area contributed by atoms with Crippen molar-refractivity contribution >= 4 is 17.3 Å². The molecule has 0 amide bonds. The van der Waals surface area contributed by atoms with E-state index in [0.717, 1.165) is 16.8 Å². The van der Waals surface area contributed by atoms with Crippen molar-refractivity contribution in [3.63, 3.8) is 0 Å². The van der Waals surface area contributed by atoms with Gasteiger partial charge in [0.1, 0.15) is 0 Å². The first-order valence-electron chi connectivity index (χ1n) is 5.85. The second-order valence-corrected chi connectivity index (χ2v) is 4.55. The molecule has 0 atom stereocenters. The summed E-state index contributed by atoms with van der Waals surface area (Å²) in [5, 5.41) is 21.6. The van der Waals surface area contributed by atoms with E-state index in [2.05, 4.69) is 5.32 Å². The van der Waals surface area contributed by atoms with Gasteiger partial charge in [-0.15, -0.1) is 0 Å². The van der Waals surface area contributed by atoms with Gasteiger partial charge in [0, 0.05) is 6.54 Å². The van der Waals surface area contributed by atoms with Gasteiger partial charge >= 0.3 is 0 Å². The van der Waals surface area contributed by atoms with Crippen LogP contribution in [0.5, 0.6) is 0 Å².